The van der Waals surface area contributed by atoms with Crippen molar-refractivity contribution in [2.75, 3.05) is 13.1 Å². The van der Waals surface area contributed by atoms with E-state index >= 15 is 0 Å². The van der Waals surface area contributed by atoms with Crippen LogP contribution in [0.2, 0.25) is 0 Å². The van der Waals surface area contributed by atoms with Gasteiger partial charge in [0.15, 0.2) is 5.69 Å². The molecule has 5 rings (SSSR count). The molecule has 2 fully saturated rings. The number of rotatable bonds is 2. The molecule has 8 heteroatoms. The fourth-order valence-electron chi connectivity index (χ4n) is 4.75. The van der Waals surface area contributed by atoms with Crippen molar-refractivity contribution in [1.29, 1.82) is 0 Å². The average molecular weight is 366 g/mol. The number of benzene rings is 1. The predicted octanol–water partition coefficient (Wildman–Crippen LogP) is 1.55. The van der Waals surface area contributed by atoms with Crippen LogP contribution in [0, 0.1) is 18.8 Å². The summed E-state index contributed by atoms with van der Waals surface area (Å²) in [5.74, 6) is 0.618. The Morgan fingerprint density at radius 2 is 1.96 bits per heavy atom. The summed E-state index contributed by atoms with van der Waals surface area (Å²) >= 11 is 0. The minimum atomic E-state index is -0.437. The van der Waals surface area contributed by atoms with Crippen molar-refractivity contribution in [3.63, 3.8) is 0 Å². The van der Waals surface area contributed by atoms with Gasteiger partial charge in [-0.2, -0.15) is 15.4 Å². The number of fused-ring (bicyclic) bond motifs is 2. The maximum atomic E-state index is 12.8. The van der Waals surface area contributed by atoms with Gasteiger partial charge in [0.25, 0.3) is 5.91 Å². The lowest BCUT2D eigenvalue weighted by atomic mass is 9.77. The van der Waals surface area contributed by atoms with Crippen LogP contribution in [0.5, 0.6) is 0 Å². The van der Waals surface area contributed by atoms with Crippen molar-refractivity contribution >= 4 is 16.9 Å². The molecule has 1 amide bonds. The van der Waals surface area contributed by atoms with E-state index < -0.39 is 6.10 Å². The summed E-state index contributed by atoms with van der Waals surface area (Å²) in [6.07, 6.45) is 2.93. The highest BCUT2D eigenvalue weighted by Crippen LogP contribution is 2.42. The molecule has 1 aliphatic heterocycles. The number of hydrogen-bond donors (Lipinski definition) is 2. The second-order valence-electron chi connectivity index (χ2n) is 7.73. The van der Waals surface area contributed by atoms with Gasteiger partial charge in [-0.3, -0.25) is 4.79 Å². The van der Waals surface area contributed by atoms with E-state index in [-0.39, 0.29) is 11.9 Å². The van der Waals surface area contributed by atoms with Crippen molar-refractivity contribution < 1.29 is 9.90 Å². The topological polar surface area (TPSA) is 99.9 Å². The first kappa shape index (κ1) is 16.4. The van der Waals surface area contributed by atoms with Gasteiger partial charge in [0.05, 0.1) is 35.2 Å². The Kier molecular flexibility index (Phi) is 3.75. The third kappa shape index (κ3) is 2.63. The summed E-state index contributed by atoms with van der Waals surface area (Å²) in [7, 11) is 0. The monoisotopic (exact) mass is 366 g/mol. The molecule has 2 aliphatic rings. The SMILES string of the molecule is Cc1n[nH]nc1C(=O)N1C[C@H]2C[C@@H](n3cnc4ccccc43)[C@H](O)C[C@H]2C1. The number of para-hydroxylation sites is 2. The zero-order valence-electron chi connectivity index (χ0n) is 15.1. The number of imidazole rings is 1. The molecule has 1 aliphatic carbocycles. The number of aliphatic hydroxyl groups excluding tert-OH is 1. The van der Waals surface area contributed by atoms with Crippen LogP contribution in [0.1, 0.15) is 35.1 Å². The highest BCUT2D eigenvalue weighted by atomic mass is 16.3. The Labute approximate surface area is 156 Å². The first-order chi connectivity index (χ1) is 13.1. The lowest BCUT2D eigenvalue weighted by Gasteiger charge is -2.36. The third-order valence-corrected chi connectivity index (χ3v) is 6.16. The maximum Gasteiger partial charge on any atom is 0.276 e. The number of nitrogens with one attached hydrogen (secondary N) is 1. The van der Waals surface area contributed by atoms with Gasteiger partial charge in [0.2, 0.25) is 0 Å². The minimum Gasteiger partial charge on any atom is -0.391 e. The number of aryl methyl sites for hydroxylation is 1. The molecule has 1 saturated heterocycles. The molecule has 0 spiro atoms. The van der Waals surface area contributed by atoms with Crippen LogP contribution in [0.25, 0.3) is 11.0 Å². The van der Waals surface area contributed by atoms with Gasteiger partial charge in [-0.15, -0.1) is 0 Å². The van der Waals surface area contributed by atoms with E-state index in [2.05, 4.69) is 25.0 Å². The molecular formula is C19H22N6O2. The molecule has 0 bridgehead atoms. The number of hydrogen-bond acceptors (Lipinski definition) is 5. The number of aromatic nitrogens is 5. The first-order valence-corrected chi connectivity index (χ1v) is 9.38. The van der Waals surface area contributed by atoms with Crippen molar-refractivity contribution in [3.05, 3.63) is 42.0 Å². The summed E-state index contributed by atoms with van der Waals surface area (Å²) < 4.78 is 2.10. The zero-order valence-corrected chi connectivity index (χ0v) is 15.1. The molecule has 27 heavy (non-hydrogen) atoms. The van der Waals surface area contributed by atoms with E-state index in [0.29, 0.717) is 42.7 Å². The molecule has 2 N–H and O–H groups in total. The molecule has 3 heterocycles. The molecule has 3 aromatic rings. The number of H-pyrrole nitrogens is 1. The molecule has 1 aromatic carbocycles. The van der Waals surface area contributed by atoms with E-state index in [1.165, 1.54) is 0 Å². The predicted molar refractivity (Wildman–Crippen MR) is 98.0 cm³/mol. The van der Waals surface area contributed by atoms with E-state index in [1.807, 2.05) is 35.5 Å². The van der Waals surface area contributed by atoms with Crippen LogP contribution >= 0.6 is 0 Å². The molecule has 0 unspecified atom stereocenters. The Morgan fingerprint density at radius 3 is 2.74 bits per heavy atom. The van der Waals surface area contributed by atoms with Gasteiger partial charge >= 0.3 is 0 Å². The lowest BCUT2D eigenvalue weighted by molar-refractivity contribution is 0.0374. The van der Waals surface area contributed by atoms with Gasteiger partial charge in [-0.05, 0) is 43.7 Å². The highest BCUT2D eigenvalue weighted by Gasteiger charge is 2.44. The van der Waals surface area contributed by atoms with E-state index in [9.17, 15) is 9.90 Å². The molecule has 2 aromatic heterocycles. The summed E-state index contributed by atoms with van der Waals surface area (Å²) in [6, 6.07) is 7.98. The van der Waals surface area contributed by atoms with Crippen LogP contribution in [0.4, 0.5) is 0 Å². The number of aromatic amines is 1. The number of aliphatic hydroxyl groups is 1. The average Bonchev–Trinajstić information content (AvgIpc) is 3.38. The second kappa shape index (κ2) is 6.16. The van der Waals surface area contributed by atoms with Crippen LogP contribution in [0.3, 0.4) is 0 Å². The maximum absolute atomic E-state index is 12.8. The molecule has 0 radical (unpaired) electrons. The van der Waals surface area contributed by atoms with Crippen molar-refractivity contribution in [3.8, 4) is 0 Å². The molecule has 8 nitrogen and oxygen atoms in total. The van der Waals surface area contributed by atoms with Crippen molar-refractivity contribution in [2.24, 2.45) is 11.8 Å². The smallest absolute Gasteiger partial charge is 0.276 e. The van der Waals surface area contributed by atoms with E-state index in [4.69, 9.17) is 0 Å². The first-order valence-electron chi connectivity index (χ1n) is 9.38. The summed E-state index contributed by atoms with van der Waals surface area (Å²) in [5.41, 5.74) is 3.00. The Balaban J connectivity index is 1.38. The van der Waals surface area contributed by atoms with Gasteiger partial charge in [0, 0.05) is 13.1 Å². The minimum absolute atomic E-state index is 0.0116. The van der Waals surface area contributed by atoms with Crippen LogP contribution in [0.15, 0.2) is 30.6 Å². The number of amides is 1. The summed E-state index contributed by atoms with van der Waals surface area (Å²) in [5, 5.41) is 21.3. The fourth-order valence-corrected chi connectivity index (χ4v) is 4.75. The normalized spacial score (nSPS) is 27.9. The molecule has 4 atom stereocenters. The summed E-state index contributed by atoms with van der Waals surface area (Å²) in [6.45, 7) is 3.15. The van der Waals surface area contributed by atoms with E-state index in [1.54, 1.807) is 6.92 Å². The van der Waals surface area contributed by atoms with Gasteiger partial charge in [-0.1, -0.05) is 12.1 Å². The third-order valence-electron chi connectivity index (χ3n) is 6.16. The Bertz CT molecular complexity index is 995. The standard InChI is InChI=1S/C19H22N6O2/c1-11-18(22-23-21-11)19(27)24-8-12-6-16(17(26)7-13(12)9-24)25-10-20-14-4-2-3-5-15(14)25/h2-5,10,12-13,16-17,26H,6-9H2,1H3,(H,21,22,23)/t12-,13+,16-,17-/m1/s1. The van der Waals surface area contributed by atoms with Crippen molar-refractivity contribution in [2.45, 2.75) is 31.9 Å². The second-order valence-corrected chi connectivity index (χ2v) is 7.73. The van der Waals surface area contributed by atoms with Crippen molar-refractivity contribution in [1.82, 2.24) is 29.9 Å². The number of likely N-dealkylation sites (tertiary alicyclic amines) is 1. The van der Waals surface area contributed by atoms with E-state index in [0.717, 1.165) is 17.5 Å². The van der Waals surface area contributed by atoms with Gasteiger partial charge < -0.3 is 14.6 Å². The fraction of sp³-hybridized carbons (Fsp3) is 0.474. The highest BCUT2D eigenvalue weighted by molar-refractivity contribution is 5.93. The van der Waals surface area contributed by atoms with Crippen LogP contribution < -0.4 is 0 Å². The van der Waals surface area contributed by atoms with Crippen LogP contribution in [-0.2, 0) is 0 Å². The Hall–Kier alpha value is -2.74. The largest absolute Gasteiger partial charge is 0.391 e. The molecule has 1 saturated carbocycles. The molecular weight excluding hydrogens is 344 g/mol. The number of carbonyl (C=O) groups excluding carboxylic acids is 1. The number of carbonyl (C=O) groups is 1. The quantitative estimate of drug-likeness (QED) is 0.717. The number of nitrogens with zero attached hydrogens (tertiary/aromatic N) is 5. The zero-order chi connectivity index (χ0) is 18.5. The summed E-state index contributed by atoms with van der Waals surface area (Å²) in [4.78, 5) is 19.1. The van der Waals surface area contributed by atoms with Crippen LogP contribution in [-0.4, -0.2) is 60.1 Å². The van der Waals surface area contributed by atoms with Gasteiger partial charge in [0.1, 0.15) is 0 Å². The molecule has 140 valence electrons. The Morgan fingerprint density at radius 1 is 1.19 bits per heavy atom. The lowest BCUT2D eigenvalue weighted by Crippen LogP contribution is -2.36. The van der Waals surface area contributed by atoms with Gasteiger partial charge in [-0.25, -0.2) is 4.98 Å².